The fourth-order valence-electron chi connectivity index (χ4n) is 2.23. The lowest BCUT2D eigenvalue weighted by Crippen LogP contribution is -2.29. The Bertz CT molecular complexity index is 728. The summed E-state index contributed by atoms with van der Waals surface area (Å²) in [5.74, 6) is -0.363. The topological polar surface area (TPSA) is 66.9 Å². The van der Waals surface area contributed by atoms with Crippen molar-refractivity contribution in [3.8, 4) is 0 Å². The standard InChI is InChI=1S/C16H17FN4OS2/c17-10-3-1-9(2-4-10)13(14(22)18-11-5-6-11)23-16-21-20-15(24-16)19-12-7-8-12/h1-4,11-13H,5-8H2,(H,18,22)(H,19,20). The average Bonchev–Trinajstić information content (AvgIpc) is 3.48. The normalized spacial score (nSPS) is 18.2. The Hall–Kier alpha value is -1.67. The third kappa shape index (κ3) is 4.05. The van der Waals surface area contributed by atoms with Crippen LogP contribution in [0.3, 0.4) is 0 Å². The number of amides is 1. The fraction of sp³-hybridized carbons (Fsp3) is 0.438. The van der Waals surface area contributed by atoms with Gasteiger partial charge in [0, 0.05) is 12.1 Å². The average molecular weight is 364 g/mol. The lowest BCUT2D eigenvalue weighted by atomic mass is 10.1. The summed E-state index contributed by atoms with van der Waals surface area (Å²) in [7, 11) is 0. The highest BCUT2D eigenvalue weighted by Crippen LogP contribution is 2.39. The van der Waals surface area contributed by atoms with Crippen LogP contribution in [0.5, 0.6) is 0 Å². The first-order valence-corrected chi connectivity index (χ1v) is 9.69. The van der Waals surface area contributed by atoms with Crippen molar-refractivity contribution in [2.24, 2.45) is 0 Å². The monoisotopic (exact) mass is 364 g/mol. The van der Waals surface area contributed by atoms with E-state index in [1.807, 2.05) is 0 Å². The smallest absolute Gasteiger partial charge is 0.238 e. The number of aromatic nitrogens is 2. The van der Waals surface area contributed by atoms with Crippen LogP contribution in [0, 0.1) is 5.82 Å². The lowest BCUT2D eigenvalue weighted by molar-refractivity contribution is -0.120. The highest BCUT2D eigenvalue weighted by Gasteiger charge is 2.30. The van der Waals surface area contributed by atoms with Crippen LogP contribution in [-0.2, 0) is 4.79 Å². The molecule has 1 aromatic heterocycles. The Morgan fingerprint density at radius 1 is 1.17 bits per heavy atom. The molecular weight excluding hydrogens is 347 g/mol. The van der Waals surface area contributed by atoms with Gasteiger partial charge in [-0.05, 0) is 43.4 Å². The fourth-order valence-corrected chi connectivity index (χ4v) is 4.26. The summed E-state index contributed by atoms with van der Waals surface area (Å²) < 4.78 is 13.9. The molecule has 0 saturated heterocycles. The molecule has 2 N–H and O–H groups in total. The van der Waals surface area contributed by atoms with Gasteiger partial charge in [0.2, 0.25) is 11.0 Å². The predicted octanol–water partition coefficient (Wildman–Crippen LogP) is 3.36. The molecule has 1 heterocycles. The van der Waals surface area contributed by atoms with Gasteiger partial charge in [-0.2, -0.15) is 0 Å². The van der Waals surface area contributed by atoms with E-state index in [4.69, 9.17) is 0 Å². The minimum Gasteiger partial charge on any atom is -0.357 e. The van der Waals surface area contributed by atoms with Crippen molar-refractivity contribution < 1.29 is 9.18 Å². The van der Waals surface area contributed by atoms with Gasteiger partial charge < -0.3 is 10.6 Å². The second-order valence-corrected chi connectivity index (χ2v) is 8.45. The van der Waals surface area contributed by atoms with Crippen molar-refractivity contribution in [3.63, 3.8) is 0 Å². The quantitative estimate of drug-likeness (QED) is 0.738. The minimum atomic E-state index is -0.451. The van der Waals surface area contributed by atoms with Crippen molar-refractivity contribution in [2.75, 3.05) is 5.32 Å². The molecule has 1 unspecified atom stereocenters. The minimum absolute atomic E-state index is 0.0546. The number of rotatable bonds is 7. The van der Waals surface area contributed by atoms with Gasteiger partial charge in [-0.1, -0.05) is 35.2 Å². The molecule has 2 saturated carbocycles. The zero-order chi connectivity index (χ0) is 16.5. The molecule has 5 nitrogen and oxygen atoms in total. The van der Waals surface area contributed by atoms with Gasteiger partial charge in [0.25, 0.3) is 0 Å². The second-order valence-electron chi connectivity index (χ2n) is 6.12. The molecule has 1 aromatic carbocycles. The third-order valence-electron chi connectivity index (χ3n) is 3.86. The molecule has 4 rings (SSSR count). The summed E-state index contributed by atoms with van der Waals surface area (Å²) in [6, 6.07) is 6.87. The highest BCUT2D eigenvalue weighted by atomic mass is 32.2. The molecule has 0 spiro atoms. The zero-order valence-corrected chi connectivity index (χ0v) is 14.5. The Balaban J connectivity index is 1.50. The van der Waals surface area contributed by atoms with E-state index in [2.05, 4.69) is 20.8 Å². The lowest BCUT2D eigenvalue weighted by Gasteiger charge is -2.15. The summed E-state index contributed by atoms with van der Waals surface area (Å²) in [5.41, 5.74) is 0.770. The molecule has 24 heavy (non-hydrogen) atoms. The van der Waals surface area contributed by atoms with Crippen LogP contribution in [0.15, 0.2) is 28.6 Å². The molecule has 1 atom stereocenters. The van der Waals surface area contributed by atoms with Crippen LogP contribution in [0.25, 0.3) is 0 Å². The number of thioether (sulfide) groups is 1. The number of carbonyl (C=O) groups excluding carboxylic acids is 1. The SMILES string of the molecule is O=C(NC1CC1)C(Sc1nnc(NC2CC2)s1)c1ccc(F)cc1. The number of hydrogen-bond donors (Lipinski definition) is 2. The van der Waals surface area contributed by atoms with E-state index >= 15 is 0 Å². The van der Waals surface area contributed by atoms with Crippen molar-refractivity contribution in [1.82, 2.24) is 15.5 Å². The van der Waals surface area contributed by atoms with Gasteiger partial charge in [-0.15, -0.1) is 10.2 Å². The van der Waals surface area contributed by atoms with E-state index in [-0.39, 0.29) is 17.8 Å². The largest absolute Gasteiger partial charge is 0.357 e. The van der Waals surface area contributed by atoms with E-state index in [0.29, 0.717) is 6.04 Å². The van der Waals surface area contributed by atoms with E-state index in [9.17, 15) is 9.18 Å². The maximum absolute atomic E-state index is 13.2. The number of halogens is 1. The van der Waals surface area contributed by atoms with E-state index < -0.39 is 5.25 Å². The summed E-state index contributed by atoms with van der Waals surface area (Å²) in [4.78, 5) is 12.6. The van der Waals surface area contributed by atoms with Crippen molar-refractivity contribution in [1.29, 1.82) is 0 Å². The molecule has 0 bridgehead atoms. The maximum Gasteiger partial charge on any atom is 0.238 e. The number of anilines is 1. The predicted molar refractivity (Wildman–Crippen MR) is 92.7 cm³/mol. The van der Waals surface area contributed by atoms with Gasteiger partial charge in [0.15, 0.2) is 4.34 Å². The molecular formula is C16H17FN4OS2. The Kier molecular flexibility index (Phi) is 4.41. The summed E-state index contributed by atoms with van der Waals surface area (Å²) in [6.45, 7) is 0. The van der Waals surface area contributed by atoms with E-state index in [1.165, 1.54) is 48.1 Å². The van der Waals surface area contributed by atoms with Gasteiger partial charge in [-0.3, -0.25) is 4.79 Å². The molecule has 1 amide bonds. The van der Waals surface area contributed by atoms with Crippen LogP contribution < -0.4 is 10.6 Å². The number of benzene rings is 1. The summed E-state index contributed by atoms with van der Waals surface area (Å²) >= 11 is 2.82. The van der Waals surface area contributed by atoms with Crippen molar-refractivity contribution in [3.05, 3.63) is 35.6 Å². The number of hydrogen-bond acceptors (Lipinski definition) is 6. The molecule has 2 aliphatic rings. The Morgan fingerprint density at radius 2 is 1.88 bits per heavy atom. The van der Waals surface area contributed by atoms with Crippen LogP contribution in [0.4, 0.5) is 9.52 Å². The molecule has 2 fully saturated rings. The molecule has 126 valence electrons. The summed E-state index contributed by atoms with van der Waals surface area (Å²) in [6.07, 6.45) is 4.40. The Morgan fingerprint density at radius 3 is 2.54 bits per heavy atom. The van der Waals surface area contributed by atoms with Gasteiger partial charge in [-0.25, -0.2) is 4.39 Å². The first-order chi connectivity index (χ1) is 11.7. The molecule has 0 radical (unpaired) electrons. The van der Waals surface area contributed by atoms with Crippen LogP contribution in [0.2, 0.25) is 0 Å². The first-order valence-electron chi connectivity index (χ1n) is 8.00. The van der Waals surface area contributed by atoms with E-state index in [1.54, 1.807) is 12.1 Å². The zero-order valence-electron chi connectivity index (χ0n) is 12.9. The molecule has 2 aliphatic carbocycles. The maximum atomic E-state index is 13.2. The molecule has 0 aliphatic heterocycles. The van der Waals surface area contributed by atoms with Crippen LogP contribution in [-0.4, -0.2) is 28.2 Å². The summed E-state index contributed by atoms with van der Waals surface area (Å²) in [5, 5.41) is 15.0. The first kappa shape index (κ1) is 15.8. The van der Waals surface area contributed by atoms with Crippen LogP contribution >= 0.6 is 23.1 Å². The van der Waals surface area contributed by atoms with Crippen molar-refractivity contribution >= 4 is 34.1 Å². The van der Waals surface area contributed by atoms with Crippen LogP contribution in [0.1, 0.15) is 36.5 Å². The number of carbonyl (C=O) groups is 1. The third-order valence-corrected chi connectivity index (χ3v) is 6.06. The molecule has 2 aromatic rings. The highest BCUT2D eigenvalue weighted by molar-refractivity contribution is 8.01. The van der Waals surface area contributed by atoms with Gasteiger partial charge >= 0.3 is 0 Å². The van der Waals surface area contributed by atoms with Gasteiger partial charge in [0.05, 0.1) is 0 Å². The second kappa shape index (κ2) is 6.68. The number of nitrogens with one attached hydrogen (secondary N) is 2. The van der Waals surface area contributed by atoms with Gasteiger partial charge in [0.1, 0.15) is 11.1 Å². The van der Waals surface area contributed by atoms with E-state index in [0.717, 1.165) is 27.9 Å². The Labute approximate surface area is 147 Å². The number of nitrogens with zero attached hydrogens (tertiary/aromatic N) is 2. The van der Waals surface area contributed by atoms with Crippen molar-refractivity contribution in [2.45, 2.75) is 47.4 Å². The molecule has 8 heteroatoms.